The molecule has 0 bridgehead atoms. The zero-order valence-corrected chi connectivity index (χ0v) is 14.7. The lowest BCUT2D eigenvalue weighted by atomic mass is 10.0. The van der Waals surface area contributed by atoms with Gasteiger partial charge in [0.1, 0.15) is 5.82 Å². The molecule has 0 unspecified atom stereocenters. The summed E-state index contributed by atoms with van der Waals surface area (Å²) in [5, 5.41) is 6.75. The maximum Gasteiger partial charge on any atom is 0.290 e. The molecule has 3 heterocycles. The number of carbonyl (C=O) groups excluding carboxylic acids is 1. The highest BCUT2D eigenvalue weighted by Gasteiger charge is 2.19. The fraction of sp³-hybridized carbons (Fsp3) is 0.556. The lowest BCUT2D eigenvalue weighted by molar-refractivity contribution is 0.0779. The number of nitrogens with zero attached hydrogens (tertiary/aromatic N) is 3. The number of carbonyl (C=O) groups is 1. The van der Waals surface area contributed by atoms with Gasteiger partial charge in [0.25, 0.3) is 5.91 Å². The zero-order valence-electron chi connectivity index (χ0n) is 14.7. The summed E-state index contributed by atoms with van der Waals surface area (Å²) < 4.78 is 10.6. The first-order chi connectivity index (χ1) is 12.1. The molecule has 0 radical (unpaired) electrons. The van der Waals surface area contributed by atoms with Gasteiger partial charge in [-0.1, -0.05) is 19.0 Å². The molecule has 1 aliphatic heterocycles. The van der Waals surface area contributed by atoms with Gasteiger partial charge < -0.3 is 14.6 Å². The van der Waals surface area contributed by atoms with Crippen LogP contribution < -0.4 is 5.32 Å². The first-order valence-electron chi connectivity index (χ1n) is 8.75. The second-order valence-electron chi connectivity index (χ2n) is 6.78. The van der Waals surface area contributed by atoms with Crippen LogP contribution in [0.15, 0.2) is 22.9 Å². The molecule has 3 rings (SSSR count). The van der Waals surface area contributed by atoms with Gasteiger partial charge in [0.2, 0.25) is 5.76 Å². The minimum Gasteiger partial charge on any atom is -0.381 e. The van der Waals surface area contributed by atoms with Crippen LogP contribution in [0.25, 0.3) is 0 Å². The van der Waals surface area contributed by atoms with Crippen LogP contribution in [-0.4, -0.2) is 34.2 Å². The molecule has 1 saturated heterocycles. The maximum absolute atomic E-state index is 12.2. The topological polar surface area (TPSA) is 90.1 Å². The Labute approximate surface area is 147 Å². The van der Waals surface area contributed by atoms with Crippen LogP contribution in [0.2, 0.25) is 0 Å². The van der Waals surface area contributed by atoms with Crippen molar-refractivity contribution in [3.8, 4) is 0 Å². The third-order valence-electron chi connectivity index (χ3n) is 4.09. The number of ether oxygens (including phenoxy) is 1. The minimum atomic E-state index is -0.288. The SMILES string of the molecule is CC(C)Cc1cc(C(=O)NCc2ccnc([C@@H]3CCCOC3)n2)on1. The van der Waals surface area contributed by atoms with Crippen molar-refractivity contribution < 1.29 is 14.1 Å². The monoisotopic (exact) mass is 344 g/mol. The van der Waals surface area contributed by atoms with Gasteiger partial charge in [-0.25, -0.2) is 9.97 Å². The van der Waals surface area contributed by atoms with E-state index in [9.17, 15) is 4.79 Å². The highest BCUT2D eigenvalue weighted by atomic mass is 16.5. The van der Waals surface area contributed by atoms with E-state index in [1.807, 2.05) is 0 Å². The second-order valence-corrected chi connectivity index (χ2v) is 6.78. The average Bonchev–Trinajstić information content (AvgIpc) is 3.08. The molecule has 1 aliphatic rings. The summed E-state index contributed by atoms with van der Waals surface area (Å²) in [6, 6.07) is 3.50. The Balaban J connectivity index is 1.57. The Morgan fingerprint density at radius 1 is 1.40 bits per heavy atom. The smallest absolute Gasteiger partial charge is 0.290 e. The van der Waals surface area contributed by atoms with E-state index in [0.717, 1.165) is 43.1 Å². The van der Waals surface area contributed by atoms with Crippen LogP contribution in [0.1, 0.15) is 60.4 Å². The molecule has 7 nitrogen and oxygen atoms in total. The molecule has 1 fully saturated rings. The molecule has 2 aromatic rings. The molecule has 134 valence electrons. The molecule has 1 amide bonds. The third kappa shape index (κ3) is 4.85. The normalized spacial score (nSPS) is 17.6. The Morgan fingerprint density at radius 3 is 3.04 bits per heavy atom. The molecule has 25 heavy (non-hydrogen) atoms. The van der Waals surface area contributed by atoms with E-state index >= 15 is 0 Å². The van der Waals surface area contributed by atoms with Crippen molar-refractivity contribution in [3.05, 3.63) is 41.3 Å². The number of hydrogen-bond donors (Lipinski definition) is 1. The molecule has 1 N–H and O–H groups in total. The first kappa shape index (κ1) is 17.5. The van der Waals surface area contributed by atoms with E-state index in [1.54, 1.807) is 18.3 Å². The number of aromatic nitrogens is 3. The molecule has 2 aromatic heterocycles. The van der Waals surface area contributed by atoms with Crippen molar-refractivity contribution in [3.63, 3.8) is 0 Å². The fourth-order valence-corrected chi connectivity index (χ4v) is 2.84. The van der Waals surface area contributed by atoms with Crippen molar-refractivity contribution in [2.75, 3.05) is 13.2 Å². The highest BCUT2D eigenvalue weighted by Crippen LogP contribution is 2.22. The summed E-state index contributed by atoms with van der Waals surface area (Å²) >= 11 is 0. The van der Waals surface area contributed by atoms with Crippen LogP contribution in [-0.2, 0) is 17.7 Å². The first-order valence-corrected chi connectivity index (χ1v) is 8.75. The van der Waals surface area contributed by atoms with Crippen molar-refractivity contribution in [2.24, 2.45) is 5.92 Å². The van der Waals surface area contributed by atoms with E-state index in [0.29, 0.717) is 19.1 Å². The molecule has 0 saturated carbocycles. The quantitative estimate of drug-likeness (QED) is 0.866. The van der Waals surface area contributed by atoms with Crippen LogP contribution in [0, 0.1) is 5.92 Å². The van der Waals surface area contributed by atoms with Gasteiger partial charge in [0, 0.05) is 24.8 Å². The Morgan fingerprint density at radius 2 is 2.28 bits per heavy atom. The van der Waals surface area contributed by atoms with Crippen LogP contribution >= 0.6 is 0 Å². The van der Waals surface area contributed by atoms with Crippen molar-refractivity contribution in [1.82, 2.24) is 20.4 Å². The molecule has 0 spiro atoms. The molecular formula is C18H24N4O3. The average molecular weight is 344 g/mol. The summed E-state index contributed by atoms with van der Waals surface area (Å²) in [5.41, 5.74) is 1.56. The van der Waals surface area contributed by atoms with E-state index in [2.05, 4.69) is 34.3 Å². The van der Waals surface area contributed by atoms with Crippen molar-refractivity contribution >= 4 is 5.91 Å². The highest BCUT2D eigenvalue weighted by molar-refractivity contribution is 5.91. The van der Waals surface area contributed by atoms with E-state index < -0.39 is 0 Å². The van der Waals surface area contributed by atoms with E-state index in [-0.39, 0.29) is 17.6 Å². The minimum absolute atomic E-state index is 0.227. The number of nitrogens with one attached hydrogen (secondary N) is 1. The van der Waals surface area contributed by atoms with E-state index in [4.69, 9.17) is 9.26 Å². The summed E-state index contributed by atoms with van der Waals surface area (Å²) in [5.74, 6) is 1.42. The van der Waals surface area contributed by atoms with Gasteiger partial charge in [-0.15, -0.1) is 0 Å². The van der Waals surface area contributed by atoms with Gasteiger partial charge >= 0.3 is 0 Å². The van der Waals surface area contributed by atoms with Gasteiger partial charge in [0.15, 0.2) is 0 Å². The number of hydrogen-bond acceptors (Lipinski definition) is 6. The largest absolute Gasteiger partial charge is 0.381 e. The van der Waals surface area contributed by atoms with Gasteiger partial charge in [-0.3, -0.25) is 4.79 Å². The van der Waals surface area contributed by atoms with E-state index in [1.165, 1.54) is 0 Å². The number of amides is 1. The molecule has 0 aliphatic carbocycles. The van der Waals surface area contributed by atoms with Crippen molar-refractivity contribution in [1.29, 1.82) is 0 Å². The fourth-order valence-electron chi connectivity index (χ4n) is 2.84. The Kier molecular flexibility index (Phi) is 5.75. The van der Waals surface area contributed by atoms with Gasteiger partial charge in [-0.2, -0.15) is 0 Å². The van der Waals surface area contributed by atoms with Crippen LogP contribution in [0.4, 0.5) is 0 Å². The maximum atomic E-state index is 12.2. The molecule has 0 aromatic carbocycles. The van der Waals surface area contributed by atoms with Gasteiger partial charge in [-0.05, 0) is 31.2 Å². The summed E-state index contributed by atoms with van der Waals surface area (Å²) in [7, 11) is 0. The second kappa shape index (κ2) is 8.20. The molecular weight excluding hydrogens is 320 g/mol. The van der Waals surface area contributed by atoms with Gasteiger partial charge in [0.05, 0.1) is 24.5 Å². The predicted octanol–water partition coefficient (Wildman–Crippen LogP) is 2.49. The molecule has 7 heteroatoms. The van der Waals surface area contributed by atoms with Crippen molar-refractivity contribution in [2.45, 2.75) is 45.6 Å². The third-order valence-corrected chi connectivity index (χ3v) is 4.09. The van der Waals surface area contributed by atoms with Crippen LogP contribution in [0.3, 0.4) is 0 Å². The molecule has 1 atom stereocenters. The summed E-state index contributed by atoms with van der Waals surface area (Å²) in [4.78, 5) is 21.1. The zero-order chi connectivity index (χ0) is 17.6. The standard InChI is InChI=1S/C18H24N4O3/c1-12(2)8-15-9-16(25-22-15)18(23)20-10-14-5-6-19-17(21-14)13-4-3-7-24-11-13/h5-6,9,12-13H,3-4,7-8,10-11H2,1-2H3,(H,20,23)/t13-/m1/s1. The Bertz CT molecular complexity index is 708. The van der Waals surface area contributed by atoms with Crippen LogP contribution in [0.5, 0.6) is 0 Å². The lowest BCUT2D eigenvalue weighted by Gasteiger charge is -2.20. The lowest BCUT2D eigenvalue weighted by Crippen LogP contribution is -2.24. The predicted molar refractivity (Wildman–Crippen MR) is 91.0 cm³/mol. The Hall–Kier alpha value is -2.28. The summed E-state index contributed by atoms with van der Waals surface area (Å²) in [6.07, 6.45) is 4.58. The summed E-state index contributed by atoms with van der Waals surface area (Å²) in [6.45, 7) is 5.98. The number of rotatable bonds is 6.